The Labute approximate surface area is 169 Å². The van der Waals surface area contributed by atoms with Crippen LogP contribution >= 0.6 is 11.6 Å². The van der Waals surface area contributed by atoms with Crippen LogP contribution in [0.5, 0.6) is 0 Å². The highest BCUT2D eigenvalue weighted by molar-refractivity contribution is 6.31. The summed E-state index contributed by atoms with van der Waals surface area (Å²) >= 11 is 6.06. The minimum atomic E-state index is -0.276. The van der Waals surface area contributed by atoms with Crippen molar-refractivity contribution in [3.63, 3.8) is 0 Å². The largest absolute Gasteiger partial charge is 0.320 e. The predicted octanol–water partition coefficient (Wildman–Crippen LogP) is 5.08. The van der Waals surface area contributed by atoms with Gasteiger partial charge >= 0.3 is 0 Å². The van der Waals surface area contributed by atoms with Gasteiger partial charge in [0.1, 0.15) is 5.69 Å². The number of para-hydroxylation sites is 1. The number of fused-ring (bicyclic) bond motifs is 1. The number of aromatic nitrogens is 2. The molecule has 0 unspecified atom stereocenters. The molecule has 0 fully saturated rings. The van der Waals surface area contributed by atoms with E-state index in [0.29, 0.717) is 22.4 Å². The highest BCUT2D eigenvalue weighted by atomic mass is 35.5. The summed E-state index contributed by atoms with van der Waals surface area (Å²) in [5.41, 5.74) is 5.09. The molecule has 1 aromatic heterocycles. The minimum Gasteiger partial charge on any atom is -0.320 e. The molecule has 0 spiro atoms. The Morgan fingerprint density at radius 1 is 1.11 bits per heavy atom. The van der Waals surface area contributed by atoms with E-state index in [1.807, 2.05) is 32.0 Å². The fourth-order valence-electron chi connectivity index (χ4n) is 3.45. The fraction of sp³-hybridized carbons (Fsp3) is 0.227. The van der Waals surface area contributed by atoms with Crippen LogP contribution in [-0.2, 0) is 6.42 Å². The van der Waals surface area contributed by atoms with Crippen molar-refractivity contribution in [2.45, 2.75) is 26.7 Å². The van der Waals surface area contributed by atoms with Gasteiger partial charge in [-0.05, 0) is 62.1 Å². The Hall–Kier alpha value is -2.92. The van der Waals surface area contributed by atoms with Crippen LogP contribution in [0.25, 0.3) is 0 Å². The van der Waals surface area contributed by atoms with Crippen LogP contribution in [-0.4, -0.2) is 22.4 Å². The molecule has 28 heavy (non-hydrogen) atoms. The van der Waals surface area contributed by atoms with Gasteiger partial charge in [-0.3, -0.25) is 4.79 Å². The lowest BCUT2D eigenvalue weighted by Gasteiger charge is -2.29. The molecule has 5 nitrogen and oxygen atoms in total. The van der Waals surface area contributed by atoms with Crippen molar-refractivity contribution in [1.82, 2.24) is 9.97 Å². The van der Waals surface area contributed by atoms with Crippen LogP contribution in [0.15, 0.2) is 48.5 Å². The zero-order valence-corrected chi connectivity index (χ0v) is 16.6. The highest BCUT2D eigenvalue weighted by Crippen LogP contribution is 2.31. The molecule has 4 rings (SSSR count). The molecule has 1 aliphatic rings. The smallest absolute Gasteiger partial charge is 0.274 e. The summed E-state index contributed by atoms with van der Waals surface area (Å²) in [5.74, 6) is 0.280. The summed E-state index contributed by atoms with van der Waals surface area (Å²) in [4.78, 5) is 24.1. The predicted molar refractivity (Wildman–Crippen MR) is 113 cm³/mol. The molecule has 1 amide bonds. The lowest BCUT2D eigenvalue weighted by molar-refractivity contribution is 0.102. The summed E-state index contributed by atoms with van der Waals surface area (Å²) in [7, 11) is 0. The normalized spacial score (nSPS) is 13.2. The number of hydrogen-bond donors (Lipinski definition) is 1. The zero-order chi connectivity index (χ0) is 19.7. The standard InChI is InChI=1S/C22H21ClN4O/c1-14-9-10-17(23)13-18(14)25-21(28)19-12-15(2)24-22(26-19)27-11-5-7-16-6-3-4-8-20(16)27/h3-4,6,8-10,12-13H,5,7,11H2,1-2H3,(H,25,28). The zero-order valence-electron chi connectivity index (χ0n) is 15.9. The number of nitrogens with one attached hydrogen (secondary N) is 1. The molecule has 2 heterocycles. The molecule has 0 radical (unpaired) electrons. The third kappa shape index (κ3) is 3.71. The van der Waals surface area contributed by atoms with Gasteiger partial charge in [-0.15, -0.1) is 0 Å². The monoisotopic (exact) mass is 392 g/mol. The van der Waals surface area contributed by atoms with Gasteiger partial charge in [0.15, 0.2) is 0 Å². The average Bonchev–Trinajstić information content (AvgIpc) is 2.70. The quantitative estimate of drug-likeness (QED) is 0.675. The van der Waals surface area contributed by atoms with Crippen LogP contribution in [0, 0.1) is 13.8 Å². The number of amides is 1. The van der Waals surface area contributed by atoms with Crippen LogP contribution in [0.2, 0.25) is 5.02 Å². The van der Waals surface area contributed by atoms with Crippen molar-refractivity contribution in [3.05, 3.63) is 76.1 Å². The van der Waals surface area contributed by atoms with Gasteiger partial charge in [-0.1, -0.05) is 35.9 Å². The van der Waals surface area contributed by atoms with Gasteiger partial charge in [-0.2, -0.15) is 0 Å². The first-order chi connectivity index (χ1) is 13.5. The molecule has 142 valence electrons. The lowest BCUT2D eigenvalue weighted by Crippen LogP contribution is -2.27. The first-order valence-corrected chi connectivity index (χ1v) is 9.68. The van der Waals surface area contributed by atoms with E-state index in [1.165, 1.54) is 5.56 Å². The summed E-state index contributed by atoms with van der Waals surface area (Å²) in [5, 5.41) is 3.49. The molecule has 1 aliphatic heterocycles. The van der Waals surface area contributed by atoms with Crippen molar-refractivity contribution in [1.29, 1.82) is 0 Å². The van der Waals surface area contributed by atoms with Gasteiger partial charge in [0.2, 0.25) is 5.95 Å². The van der Waals surface area contributed by atoms with E-state index in [1.54, 1.807) is 18.2 Å². The Morgan fingerprint density at radius 3 is 2.79 bits per heavy atom. The molecule has 0 bridgehead atoms. The van der Waals surface area contributed by atoms with Crippen molar-refractivity contribution in [2.75, 3.05) is 16.8 Å². The Kier molecular flexibility index (Phi) is 5.01. The second-order valence-corrected chi connectivity index (χ2v) is 7.43. The van der Waals surface area contributed by atoms with E-state index in [0.717, 1.165) is 36.3 Å². The first kappa shape index (κ1) is 18.4. The molecule has 1 N–H and O–H groups in total. The number of nitrogens with zero attached hydrogens (tertiary/aromatic N) is 3. The Morgan fingerprint density at radius 2 is 1.93 bits per heavy atom. The maximum absolute atomic E-state index is 12.8. The number of anilines is 3. The van der Waals surface area contributed by atoms with Gasteiger partial charge in [0.05, 0.1) is 0 Å². The van der Waals surface area contributed by atoms with E-state index in [2.05, 4.69) is 32.3 Å². The summed E-state index contributed by atoms with van der Waals surface area (Å²) in [6.45, 7) is 4.63. The summed E-state index contributed by atoms with van der Waals surface area (Å²) < 4.78 is 0. The molecule has 2 aromatic carbocycles. The fourth-order valence-corrected chi connectivity index (χ4v) is 3.62. The van der Waals surface area contributed by atoms with E-state index in [9.17, 15) is 4.79 Å². The van der Waals surface area contributed by atoms with E-state index in [-0.39, 0.29) is 5.91 Å². The molecule has 0 saturated carbocycles. The van der Waals surface area contributed by atoms with Crippen molar-refractivity contribution in [2.24, 2.45) is 0 Å². The van der Waals surface area contributed by atoms with E-state index < -0.39 is 0 Å². The van der Waals surface area contributed by atoms with Crippen LogP contribution in [0.1, 0.15) is 33.7 Å². The third-order valence-corrected chi connectivity index (χ3v) is 5.11. The van der Waals surface area contributed by atoms with Crippen molar-refractivity contribution in [3.8, 4) is 0 Å². The number of carbonyl (C=O) groups excluding carboxylic acids is 1. The second-order valence-electron chi connectivity index (χ2n) is 6.99. The van der Waals surface area contributed by atoms with Crippen LogP contribution in [0.4, 0.5) is 17.3 Å². The molecule has 6 heteroatoms. The SMILES string of the molecule is Cc1cc(C(=O)Nc2cc(Cl)ccc2C)nc(N2CCCc3ccccc32)n1. The van der Waals surface area contributed by atoms with Gasteiger partial charge in [0, 0.05) is 28.6 Å². The number of halogens is 1. The van der Waals surface area contributed by atoms with E-state index in [4.69, 9.17) is 11.6 Å². The van der Waals surface area contributed by atoms with Gasteiger partial charge in [-0.25, -0.2) is 9.97 Å². The summed E-state index contributed by atoms with van der Waals surface area (Å²) in [6.07, 6.45) is 2.07. The first-order valence-electron chi connectivity index (χ1n) is 9.30. The topological polar surface area (TPSA) is 58.1 Å². The number of carbonyl (C=O) groups is 1. The van der Waals surface area contributed by atoms with Gasteiger partial charge in [0.25, 0.3) is 5.91 Å². The van der Waals surface area contributed by atoms with Crippen molar-refractivity contribution < 1.29 is 4.79 Å². The Bertz CT molecular complexity index is 1050. The molecule has 3 aromatic rings. The molecular weight excluding hydrogens is 372 g/mol. The summed E-state index contributed by atoms with van der Waals surface area (Å²) in [6, 6.07) is 15.4. The van der Waals surface area contributed by atoms with Gasteiger partial charge < -0.3 is 10.2 Å². The maximum atomic E-state index is 12.8. The van der Waals surface area contributed by atoms with Crippen LogP contribution in [0.3, 0.4) is 0 Å². The van der Waals surface area contributed by atoms with Crippen molar-refractivity contribution >= 4 is 34.8 Å². The number of benzene rings is 2. The maximum Gasteiger partial charge on any atom is 0.274 e. The molecular formula is C22H21ClN4O. The Balaban J connectivity index is 1.66. The number of rotatable bonds is 3. The number of hydrogen-bond acceptors (Lipinski definition) is 4. The average molecular weight is 393 g/mol. The van der Waals surface area contributed by atoms with E-state index >= 15 is 0 Å². The lowest BCUT2D eigenvalue weighted by atomic mass is 10.0. The molecule has 0 atom stereocenters. The molecule has 0 saturated heterocycles. The second kappa shape index (κ2) is 7.60. The number of aryl methyl sites for hydroxylation is 3. The highest BCUT2D eigenvalue weighted by Gasteiger charge is 2.22. The van der Waals surface area contributed by atoms with Crippen LogP contribution < -0.4 is 10.2 Å². The third-order valence-electron chi connectivity index (χ3n) is 4.87. The minimum absolute atomic E-state index is 0.276. The molecule has 0 aliphatic carbocycles.